The Morgan fingerprint density at radius 1 is 1.21 bits per heavy atom. The molecule has 0 aromatic heterocycles. The van der Waals surface area contributed by atoms with Crippen LogP contribution in [0, 0.1) is 16.7 Å². The topological polar surface area (TPSA) is 55.8 Å². The minimum atomic E-state index is -0.599. The lowest BCUT2D eigenvalue weighted by Gasteiger charge is -2.34. The van der Waals surface area contributed by atoms with Gasteiger partial charge in [-0.1, -0.05) is 27.7 Å². The molecule has 1 saturated carbocycles. The Morgan fingerprint density at radius 2 is 1.79 bits per heavy atom. The van der Waals surface area contributed by atoms with Crippen molar-refractivity contribution in [1.29, 1.82) is 0 Å². The van der Waals surface area contributed by atoms with E-state index in [9.17, 15) is 9.59 Å². The van der Waals surface area contributed by atoms with Crippen LogP contribution < -0.4 is 0 Å². The molecule has 2 aliphatic rings. The van der Waals surface area contributed by atoms with Gasteiger partial charge in [-0.15, -0.1) is 0 Å². The third-order valence-electron chi connectivity index (χ3n) is 5.15. The number of methoxy groups -OCH3 is 1. The van der Waals surface area contributed by atoms with Crippen molar-refractivity contribution in [3.05, 3.63) is 0 Å². The maximum absolute atomic E-state index is 12.7. The van der Waals surface area contributed by atoms with Gasteiger partial charge in [0, 0.05) is 12.5 Å². The molecule has 1 amide bonds. The minimum Gasteiger partial charge on any atom is -0.467 e. The van der Waals surface area contributed by atoms with Gasteiger partial charge in [0.1, 0.15) is 0 Å². The van der Waals surface area contributed by atoms with Gasteiger partial charge in [-0.25, -0.2) is 4.79 Å². The van der Waals surface area contributed by atoms with Crippen LogP contribution in [-0.4, -0.2) is 49.7 Å². The highest BCUT2D eigenvalue weighted by Crippen LogP contribution is 2.68. The monoisotopic (exact) mass is 269 g/mol. The van der Waals surface area contributed by atoms with Crippen molar-refractivity contribution >= 4 is 11.9 Å². The van der Waals surface area contributed by atoms with Gasteiger partial charge < -0.3 is 14.4 Å². The number of nitrogens with zero attached hydrogens (tertiary/aromatic N) is 1. The Balaban J connectivity index is 2.16. The fourth-order valence-corrected chi connectivity index (χ4v) is 3.18. The molecule has 0 aromatic carbocycles. The average Bonchev–Trinajstić information content (AvgIpc) is 2.78. The van der Waals surface area contributed by atoms with E-state index in [1.807, 2.05) is 0 Å². The second-order valence-corrected chi connectivity index (χ2v) is 6.52. The van der Waals surface area contributed by atoms with Gasteiger partial charge in [0.25, 0.3) is 0 Å². The summed E-state index contributed by atoms with van der Waals surface area (Å²) in [5.41, 5.74) is -0.0495. The molecule has 0 bridgehead atoms. The van der Waals surface area contributed by atoms with Crippen LogP contribution in [0.2, 0.25) is 0 Å². The zero-order chi connectivity index (χ0) is 14.4. The van der Waals surface area contributed by atoms with Crippen LogP contribution in [0.25, 0.3) is 0 Å². The molecule has 5 nitrogen and oxygen atoms in total. The van der Waals surface area contributed by atoms with E-state index < -0.39 is 12.0 Å². The van der Waals surface area contributed by atoms with Crippen molar-refractivity contribution in [3.8, 4) is 0 Å². The molecular formula is C14H23NO4. The summed E-state index contributed by atoms with van der Waals surface area (Å²) in [6, 6.07) is -0.599. The Labute approximate surface area is 114 Å². The standard InChI is InChI=1S/C14H23NO4/c1-13(2)10(14(13,3)4)11(16)15-6-7-19-8-9(15)12(17)18-5/h9-10H,6-8H2,1-5H3. The molecule has 0 spiro atoms. The summed E-state index contributed by atoms with van der Waals surface area (Å²) in [7, 11) is 1.34. The summed E-state index contributed by atoms with van der Waals surface area (Å²) >= 11 is 0. The molecule has 1 aliphatic heterocycles. The average molecular weight is 269 g/mol. The molecule has 0 N–H and O–H groups in total. The summed E-state index contributed by atoms with van der Waals surface area (Å²) in [5, 5.41) is 0. The maximum atomic E-state index is 12.7. The van der Waals surface area contributed by atoms with Crippen molar-refractivity contribution in [2.45, 2.75) is 33.7 Å². The maximum Gasteiger partial charge on any atom is 0.331 e. The number of carbonyl (C=O) groups is 2. The third kappa shape index (κ3) is 2.04. The molecule has 1 unspecified atom stereocenters. The van der Waals surface area contributed by atoms with Crippen LogP contribution in [0.5, 0.6) is 0 Å². The van der Waals surface area contributed by atoms with Crippen molar-refractivity contribution in [1.82, 2.24) is 4.90 Å². The van der Waals surface area contributed by atoms with Crippen molar-refractivity contribution in [2.24, 2.45) is 16.7 Å². The molecule has 2 fully saturated rings. The first kappa shape index (κ1) is 14.3. The zero-order valence-electron chi connectivity index (χ0n) is 12.4. The summed E-state index contributed by atoms with van der Waals surface area (Å²) in [4.78, 5) is 26.1. The largest absolute Gasteiger partial charge is 0.467 e. The lowest BCUT2D eigenvalue weighted by molar-refractivity contribution is -0.161. The molecule has 5 heteroatoms. The quantitative estimate of drug-likeness (QED) is 0.704. The molecule has 108 valence electrons. The van der Waals surface area contributed by atoms with Crippen LogP contribution in [0.1, 0.15) is 27.7 Å². The van der Waals surface area contributed by atoms with Gasteiger partial charge in [0.15, 0.2) is 6.04 Å². The molecule has 0 radical (unpaired) electrons. The number of hydrogen-bond acceptors (Lipinski definition) is 4. The highest BCUT2D eigenvalue weighted by atomic mass is 16.5. The normalized spacial score (nSPS) is 28.9. The lowest BCUT2D eigenvalue weighted by Crippen LogP contribution is -2.54. The first-order chi connectivity index (χ1) is 8.75. The molecular weight excluding hydrogens is 246 g/mol. The fraction of sp³-hybridized carbons (Fsp3) is 0.857. The Hall–Kier alpha value is -1.10. The van der Waals surface area contributed by atoms with Crippen molar-refractivity contribution < 1.29 is 19.1 Å². The van der Waals surface area contributed by atoms with E-state index in [4.69, 9.17) is 9.47 Å². The molecule has 1 atom stereocenters. The van der Waals surface area contributed by atoms with E-state index in [1.165, 1.54) is 7.11 Å². The highest BCUT2D eigenvalue weighted by molar-refractivity contribution is 5.89. The molecule has 2 rings (SSSR count). The highest BCUT2D eigenvalue weighted by Gasteiger charge is 2.69. The number of hydrogen-bond donors (Lipinski definition) is 0. The van der Waals surface area contributed by atoms with Crippen molar-refractivity contribution in [3.63, 3.8) is 0 Å². The first-order valence-electron chi connectivity index (χ1n) is 6.71. The summed E-state index contributed by atoms with van der Waals surface area (Å²) in [6.45, 7) is 9.57. The van der Waals surface area contributed by atoms with Gasteiger partial charge in [-0.05, 0) is 10.8 Å². The van der Waals surface area contributed by atoms with Crippen LogP contribution in [0.4, 0.5) is 0 Å². The van der Waals surface area contributed by atoms with Crippen LogP contribution >= 0.6 is 0 Å². The predicted octanol–water partition coefficient (Wildman–Crippen LogP) is 1.07. The molecule has 1 heterocycles. The lowest BCUT2D eigenvalue weighted by atomic mass is 10.0. The Bertz CT molecular complexity index is 388. The Kier molecular flexibility index (Phi) is 3.37. The second-order valence-electron chi connectivity index (χ2n) is 6.52. The van der Waals surface area contributed by atoms with E-state index in [0.29, 0.717) is 13.2 Å². The van der Waals surface area contributed by atoms with Crippen molar-refractivity contribution in [2.75, 3.05) is 26.9 Å². The number of morpholine rings is 1. The van der Waals surface area contributed by atoms with Crippen LogP contribution in [-0.2, 0) is 19.1 Å². The summed E-state index contributed by atoms with van der Waals surface area (Å²) < 4.78 is 10.1. The Morgan fingerprint density at radius 3 is 2.26 bits per heavy atom. The third-order valence-corrected chi connectivity index (χ3v) is 5.15. The van der Waals surface area contributed by atoms with E-state index in [1.54, 1.807) is 4.90 Å². The van der Waals surface area contributed by atoms with Gasteiger partial charge in [0.05, 0.1) is 20.3 Å². The first-order valence-corrected chi connectivity index (χ1v) is 6.71. The summed E-state index contributed by atoms with van der Waals surface area (Å²) in [5.74, 6) is -0.386. The molecule has 0 aromatic rings. The molecule has 1 aliphatic carbocycles. The summed E-state index contributed by atoms with van der Waals surface area (Å²) in [6.07, 6.45) is 0. The van der Waals surface area contributed by atoms with Gasteiger partial charge in [-0.2, -0.15) is 0 Å². The fourth-order valence-electron chi connectivity index (χ4n) is 3.18. The number of ether oxygens (including phenoxy) is 2. The molecule has 19 heavy (non-hydrogen) atoms. The molecule has 1 saturated heterocycles. The second kappa shape index (κ2) is 4.47. The number of amides is 1. The van der Waals surface area contributed by atoms with E-state index in [2.05, 4.69) is 27.7 Å². The minimum absolute atomic E-state index is 0.0247. The zero-order valence-corrected chi connectivity index (χ0v) is 12.4. The van der Waals surface area contributed by atoms with E-state index in [-0.39, 0.29) is 29.3 Å². The van der Waals surface area contributed by atoms with Gasteiger partial charge in [-0.3, -0.25) is 4.79 Å². The van der Waals surface area contributed by atoms with E-state index in [0.717, 1.165) is 0 Å². The van der Waals surface area contributed by atoms with Crippen LogP contribution in [0.3, 0.4) is 0 Å². The SMILES string of the molecule is COC(=O)C1COCCN1C(=O)C1C(C)(C)C1(C)C. The number of carbonyl (C=O) groups excluding carboxylic acids is 2. The number of esters is 1. The van der Waals surface area contributed by atoms with Gasteiger partial charge >= 0.3 is 5.97 Å². The smallest absolute Gasteiger partial charge is 0.331 e. The van der Waals surface area contributed by atoms with Gasteiger partial charge in [0.2, 0.25) is 5.91 Å². The number of rotatable bonds is 2. The van der Waals surface area contributed by atoms with E-state index >= 15 is 0 Å². The van der Waals surface area contributed by atoms with Crippen LogP contribution in [0.15, 0.2) is 0 Å². The predicted molar refractivity (Wildman–Crippen MR) is 69.4 cm³/mol.